The molecule has 1 atom stereocenters. The Hall–Kier alpha value is -3.17. The van der Waals surface area contributed by atoms with Crippen molar-refractivity contribution < 1.29 is 27.9 Å². The summed E-state index contributed by atoms with van der Waals surface area (Å²) in [4.78, 5) is 42.2. The molecule has 1 saturated heterocycles. The number of ether oxygens (including phenoxy) is 1. The maximum absolute atomic E-state index is 13.7. The first-order chi connectivity index (χ1) is 17.1. The molecule has 0 bridgehead atoms. The van der Waals surface area contributed by atoms with Gasteiger partial charge in [0.1, 0.15) is 17.5 Å². The normalized spacial score (nSPS) is 19.2. The van der Waals surface area contributed by atoms with Crippen LogP contribution in [-0.2, 0) is 16.6 Å². The second-order valence-electron chi connectivity index (χ2n) is 9.72. The van der Waals surface area contributed by atoms with Crippen molar-refractivity contribution in [2.75, 3.05) is 33.3 Å². The van der Waals surface area contributed by atoms with Gasteiger partial charge < -0.3 is 24.4 Å². The highest BCUT2D eigenvalue weighted by Crippen LogP contribution is 2.38. The highest BCUT2D eigenvalue weighted by Gasteiger charge is 2.41. The number of carbonyl (C=O) groups is 3. The van der Waals surface area contributed by atoms with Crippen LogP contribution in [-0.4, -0.2) is 77.3 Å². The SMILES string of the molecule is CCC(=O)N[C@H](C(=O)N1CCN(C(=O)c2cc3ccc(OC)cc3n2C)CC1)C1CCC(F)(F)CC1. The van der Waals surface area contributed by atoms with Crippen molar-refractivity contribution in [2.45, 2.75) is 51.0 Å². The number of benzene rings is 1. The molecule has 1 aromatic carbocycles. The van der Waals surface area contributed by atoms with Crippen LogP contribution in [0.25, 0.3) is 10.9 Å². The Morgan fingerprint density at radius 3 is 2.33 bits per heavy atom. The van der Waals surface area contributed by atoms with Gasteiger partial charge in [-0.05, 0) is 37.0 Å². The average Bonchev–Trinajstić information content (AvgIpc) is 3.22. The molecule has 196 valence electrons. The van der Waals surface area contributed by atoms with Crippen molar-refractivity contribution in [3.63, 3.8) is 0 Å². The number of hydrogen-bond acceptors (Lipinski definition) is 4. The summed E-state index contributed by atoms with van der Waals surface area (Å²) in [6, 6.07) is 6.68. The molecule has 8 nitrogen and oxygen atoms in total. The summed E-state index contributed by atoms with van der Waals surface area (Å²) in [5.41, 5.74) is 1.44. The van der Waals surface area contributed by atoms with E-state index in [0.717, 1.165) is 10.9 Å². The number of nitrogens with one attached hydrogen (secondary N) is 1. The van der Waals surface area contributed by atoms with Crippen molar-refractivity contribution in [3.05, 3.63) is 30.0 Å². The van der Waals surface area contributed by atoms with Gasteiger partial charge in [-0.2, -0.15) is 0 Å². The fourth-order valence-corrected chi connectivity index (χ4v) is 5.18. The van der Waals surface area contributed by atoms with Crippen LogP contribution >= 0.6 is 0 Å². The zero-order valence-corrected chi connectivity index (χ0v) is 21.1. The Labute approximate surface area is 209 Å². The van der Waals surface area contributed by atoms with E-state index >= 15 is 0 Å². The van der Waals surface area contributed by atoms with Crippen molar-refractivity contribution in [3.8, 4) is 5.75 Å². The Bertz CT molecular complexity index is 1130. The van der Waals surface area contributed by atoms with Crippen LogP contribution < -0.4 is 10.1 Å². The summed E-state index contributed by atoms with van der Waals surface area (Å²) in [7, 11) is 3.43. The van der Waals surface area contributed by atoms with Crippen LogP contribution in [0.4, 0.5) is 8.78 Å². The van der Waals surface area contributed by atoms with Crippen molar-refractivity contribution in [1.29, 1.82) is 0 Å². The van der Waals surface area contributed by atoms with Gasteiger partial charge in [0.05, 0.1) is 12.6 Å². The minimum Gasteiger partial charge on any atom is -0.497 e. The molecule has 1 aliphatic heterocycles. The monoisotopic (exact) mass is 504 g/mol. The highest BCUT2D eigenvalue weighted by molar-refractivity contribution is 5.99. The summed E-state index contributed by atoms with van der Waals surface area (Å²) >= 11 is 0. The van der Waals surface area contributed by atoms with E-state index in [4.69, 9.17) is 4.74 Å². The number of methoxy groups -OCH3 is 1. The molecule has 2 heterocycles. The van der Waals surface area contributed by atoms with Gasteiger partial charge in [-0.1, -0.05) is 6.92 Å². The van der Waals surface area contributed by atoms with E-state index in [1.165, 1.54) is 0 Å². The first-order valence-corrected chi connectivity index (χ1v) is 12.5. The lowest BCUT2D eigenvalue weighted by Gasteiger charge is -2.39. The van der Waals surface area contributed by atoms with Crippen LogP contribution in [0.1, 0.15) is 49.5 Å². The number of aryl methyl sites for hydroxylation is 1. The second-order valence-corrected chi connectivity index (χ2v) is 9.72. The summed E-state index contributed by atoms with van der Waals surface area (Å²) in [6.07, 6.45) is 0.0480. The van der Waals surface area contributed by atoms with Crippen LogP contribution in [0.5, 0.6) is 5.75 Å². The molecule has 1 N–H and O–H groups in total. The maximum atomic E-state index is 13.7. The predicted octanol–water partition coefficient (Wildman–Crippen LogP) is 3.19. The van der Waals surface area contributed by atoms with Gasteiger partial charge in [0.2, 0.25) is 17.7 Å². The molecular formula is C26H34F2N4O4. The Morgan fingerprint density at radius 1 is 1.08 bits per heavy atom. The van der Waals surface area contributed by atoms with E-state index in [-0.39, 0.29) is 55.7 Å². The number of piperazine rings is 1. The van der Waals surface area contributed by atoms with Gasteiger partial charge in [-0.15, -0.1) is 0 Å². The predicted molar refractivity (Wildman–Crippen MR) is 131 cm³/mol. The van der Waals surface area contributed by atoms with Crippen molar-refractivity contribution in [2.24, 2.45) is 13.0 Å². The number of rotatable bonds is 6. The number of aromatic nitrogens is 1. The minimum atomic E-state index is -2.71. The van der Waals surface area contributed by atoms with E-state index in [0.29, 0.717) is 37.6 Å². The van der Waals surface area contributed by atoms with E-state index in [9.17, 15) is 23.2 Å². The third kappa shape index (κ3) is 5.32. The number of nitrogens with zero attached hydrogens (tertiary/aromatic N) is 3. The van der Waals surface area contributed by atoms with Crippen LogP contribution in [0.2, 0.25) is 0 Å². The largest absolute Gasteiger partial charge is 0.497 e. The van der Waals surface area contributed by atoms with E-state index in [2.05, 4.69) is 5.32 Å². The van der Waals surface area contributed by atoms with Crippen LogP contribution in [0.15, 0.2) is 24.3 Å². The molecule has 1 aliphatic carbocycles. The smallest absolute Gasteiger partial charge is 0.270 e. The third-order valence-corrected chi connectivity index (χ3v) is 7.49. The zero-order valence-electron chi connectivity index (χ0n) is 21.1. The van der Waals surface area contributed by atoms with Crippen molar-refractivity contribution >= 4 is 28.6 Å². The average molecular weight is 505 g/mol. The maximum Gasteiger partial charge on any atom is 0.270 e. The molecule has 2 aliphatic rings. The van der Waals surface area contributed by atoms with Gasteiger partial charge in [0.15, 0.2) is 0 Å². The molecule has 4 rings (SSSR count). The Morgan fingerprint density at radius 2 is 1.72 bits per heavy atom. The molecule has 1 aromatic heterocycles. The van der Waals surface area contributed by atoms with Gasteiger partial charge in [0.25, 0.3) is 5.91 Å². The number of carbonyl (C=O) groups excluding carboxylic acids is 3. The topological polar surface area (TPSA) is 83.9 Å². The molecule has 10 heteroatoms. The van der Waals surface area contributed by atoms with Gasteiger partial charge in [-0.25, -0.2) is 8.78 Å². The van der Waals surface area contributed by atoms with Gasteiger partial charge in [0, 0.05) is 63.9 Å². The third-order valence-electron chi connectivity index (χ3n) is 7.49. The molecule has 0 radical (unpaired) electrons. The number of halogens is 2. The number of alkyl halides is 2. The zero-order chi connectivity index (χ0) is 26.0. The second kappa shape index (κ2) is 10.4. The van der Waals surface area contributed by atoms with Gasteiger partial charge in [-0.3, -0.25) is 14.4 Å². The Kier molecular flexibility index (Phi) is 7.51. The molecule has 36 heavy (non-hydrogen) atoms. The summed E-state index contributed by atoms with van der Waals surface area (Å²) in [6.45, 7) is 3.05. The lowest BCUT2D eigenvalue weighted by atomic mass is 9.81. The van der Waals surface area contributed by atoms with Gasteiger partial charge >= 0.3 is 0 Å². The first-order valence-electron chi connectivity index (χ1n) is 12.5. The standard InChI is InChI=1S/C26H34F2N4O4/c1-4-22(33)29-23(17-7-9-26(27,28)10-8-17)25(35)32-13-11-31(12-14-32)24(34)21-15-18-5-6-19(36-3)16-20(18)30(21)2/h5-6,15-17,23H,4,7-14H2,1-3H3,(H,29,33)/t23-/m0/s1. The lowest BCUT2D eigenvalue weighted by molar-refractivity contribution is -0.141. The molecule has 0 spiro atoms. The Balaban J connectivity index is 1.42. The van der Waals surface area contributed by atoms with E-state index < -0.39 is 12.0 Å². The fraction of sp³-hybridized carbons (Fsp3) is 0.577. The van der Waals surface area contributed by atoms with E-state index in [1.54, 1.807) is 23.8 Å². The summed E-state index contributed by atoms with van der Waals surface area (Å²) in [5.74, 6) is -2.97. The molecular weight excluding hydrogens is 470 g/mol. The summed E-state index contributed by atoms with van der Waals surface area (Å²) < 4.78 is 34.5. The van der Waals surface area contributed by atoms with E-state index in [1.807, 2.05) is 35.9 Å². The quantitative estimate of drug-likeness (QED) is 0.655. The van der Waals surface area contributed by atoms with Crippen LogP contribution in [0.3, 0.4) is 0 Å². The molecule has 1 saturated carbocycles. The fourth-order valence-electron chi connectivity index (χ4n) is 5.18. The highest BCUT2D eigenvalue weighted by atomic mass is 19.3. The van der Waals surface area contributed by atoms with Crippen molar-refractivity contribution in [1.82, 2.24) is 19.7 Å². The number of amides is 3. The number of fused-ring (bicyclic) bond motifs is 1. The first kappa shape index (κ1) is 25.9. The minimum absolute atomic E-state index is 0.120. The molecule has 2 aromatic rings. The summed E-state index contributed by atoms with van der Waals surface area (Å²) in [5, 5.41) is 3.72. The molecule has 2 fully saturated rings. The molecule has 0 unspecified atom stereocenters. The molecule has 3 amide bonds. The number of hydrogen-bond donors (Lipinski definition) is 1. The lowest BCUT2D eigenvalue weighted by Crippen LogP contribution is -2.58. The van der Waals surface area contributed by atoms with Crippen LogP contribution in [0, 0.1) is 5.92 Å².